The zero-order chi connectivity index (χ0) is 11.5. The van der Waals surface area contributed by atoms with Gasteiger partial charge < -0.3 is 5.73 Å². The van der Waals surface area contributed by atoms with E-state index in [2.05, 4.69) is 30.5 Å². The molecule has 1 heterocycles. The quantitative estimate of drug-likeness (QED) is 0.823. The van der Waals surface area contributed by atoms with Crippen molar-refractivity contribution in [3.63, 3.8) is 0 Å². The Hall–Kier alpha value is 0.270. The first-order valence-corrected chi connectivity index (χ1v) is 7.88. The SMILES string of the molecule is CCSC1CCCC1N1CCC(N)C(C)C1. The fourth-order valence-electron chi connectivity index (χ4n) is 3.23. The molecule has 3 heteroatoms. The molecule has 2 nitrogen and oxygen atoms in total. The van der Waals surface area contributed by atoms with E-state index in [-0.39, 0.29) is 0 Å². The highest BCUT2D eigenvalue weighted by Crippen LogP contribution is 2.35. The number of likely N-dealkylation sites (tertiary alicyclic amines) is 1. The molecule has 1 aliphatic carbocycles. The molecular formula is C13H26N2S. The lowest BCUT2D eigenvalue weighted by molar-refractivity contribution is 0.120. The van der Waals surface area contributed by atoms with Crippen LogP contribution >= 0.6 is 11.8 Å². The monoisotopic (exact) mass is 242 g/mol. The van der Waals surface area contributed by atoms with E-state index in [1.807, 2.05) is 0 Å². The van der Waals surface area contributed by atoms with Gasteiger partial charge in [-0.25, -0.2) is 0 Å². The lowest BCUT2D eigenvalue weighted by Crippen LogP contribution is -2.51. The van der Waals surface area contributed by atoms with Crippen LogP contribution in [0.1, 0.15) is 39.5 Å². The third kappa shape index (κ3) is 2.74. The second-order valence-corrected chi connectivity index (χ2v) is 6.93. The van der Waals surface area contributed by atoms with Crippen LogP contribution in [0.5, 0.6) is 0 Å². The first-order valence-electron chi connectivity index (χ1n) is 6.83. The van der Waals surface area contributed by atoms with Gasteiger partial charge in [-0.05, 0) is 37.5 Å². The number of rotatable bonds is 3. The van der Waals surface area contributed by atoms with E-state index in [1.54, 1.807) is 0 Å². The number of hydrogen-bond acceptors (Lipinski definition) is 3. The van der Waals surface area contributed by atoms with Crippen molar-refractivity contribution in [3.8, 4) is 0 Å². The molecule has 1 saturated heterocycles. The molecule has 2 N–H and O–H groups in total. The van der Waals surface area contributed by atoms with Gasteiger partial charge >= 0.3 is 0 Å². The second kappa shape index (κ2) is 5.74. The van der Waals surface area contributed by atoms with Gasteiger partial charge in [-0.15, -0.1) is 0 Å². The molecule has 0 aromatic rings. The van der Waals surface area contributed by atoms with Gasteiger partial charge in [0.25, 0.3) is 0 Å². The smallest absolute Gasteiger partial charge is 0.0214 e. The van der Waals surface area contributed by atoms with E-state index < -0.39 is 0 Å². The van der Waals surface area contributed by atoms with Gasteiger partial charge in [-0.1, -0.05) is 20.3 Å². The summed E-state index contributed by atoms with van der Waals surface area (Å²) in [4.78, 5) is 2.73. The highest BCUT2D eigenvalue weighted by molar-refractivity contribution is 7.99. The van der Waals surface area contributed by atoms with Gasteiger partial charge in [0.15, 0.2) is 0 Å². The van der Waals surface area contributed by atoms with E-state index in [4.69, 9.17) is 5.73 Å². The minimum absolute atomic E-state index is 0.440. The van der Waals surface area contributed by atoms with Crippen LogP contribution in [0.4, 0.5) is 0 Å². The predicted molar refractivity (Wildman–Crippen MR) is 72.9 cm³/mol. The van der Waals surface area contributed by atoms with Crippen molar-refractivity contribution in [2.75, 3.05) is 18.8 Å². The van der Waals surface area contributed by atoms with Crippen LogP contribution < -0.4 is 5.73 Å². The number of hydrogen-bond donors (Lipinski definition) is 1. The molecule has 0 radical (unpaired) electrons. The first-order chi connectivity index (χ1) is 7.72. The van der Waals surface area contributed by atoms with Crippen molar-refractivity contribution in [2.24, 2.45) is 11.7 Å². The third-order valence-electron chi connectivity index (χ3n) is 4.27. The molecule has 0 aromatic carbocycles. The lowest BCUT2D eigenvalue weighted by Gasteiger charge is -2.40. The van der Waals surface area contributed by atoms with E-state index in [0.717, 1.165) is 11.3 Å². The fourth-order valence-corrected chi connectivity index (χ4v) is 4.52. The predicted octanol–water partition coefficient (Wildman–Crippen LogP) is 2.33. The molecular weight excluding hydrogens is 216 g/mol. The molecule has 2 aliphatic rings. The number of thioether (sulfide) groups is 1. The van der Waals surface area contributed by atoms with E-state index in [0.29, 0.717) is 12.0 Å². The van der Waals surface area contributed by atoms with Crippen molar-refractivity contribution in [1.29, 1.82) is 0 Å². The number of piperidine rings is 1. The molecule has 2 fully saturated rings. The summed E-state index contributed by atoms with van der Waals surface area (Å²) in [5.41, 5.74) is 6.10. The summed E-state index contributed by atoms with van der Waals surface area (Å²) in [6.45, 7) is 7.06. The Kier molecular flexibility index (Phi) is 4.57. The zero-order valence-electron chi connectivity index (χ0n) is 10.7. The summed E-state index contributed by atoms with van der Waals surface area (Å²) in [5, 5.41) is 0.895. The van der Waals surface area contributed by atoms with Crippen LogP contribution in [0.3, 0.4) is 0 Å². The summed E-state index contributed by atoms with van der Waals surface area (Å²) in [6.07, 6.45) is 5.47. The maximum absolute atomic E-state index is 6.10. The molecule has 1 aliphatic heterocycles. The Labute approximate surface area is 104 Å². The summed E-state index contributed by atoms with van der Waals surface area (Å²) in [7, 11) is 0. The van der Waals surface area contributed by atoms with Gasteiger partial charge in [-0.3, -0.25) is 4.90 Å². The molecule has 1 saturated carbocycles. The van der Waals surface area contributed by atoms with Crippen molar-refractivity contribution in [2.45, 2.75) is 56.9 Å². The largest absolute Gasteiger partial charge is 0.327 e. The first kappa shape index (κ1) is 12.7. The lowest BCUT2D eigenvalue weighted by atomic mass is 9.93. The average Bonchev–Trinajstić information content (AvgIpc) is 2.71. The molecule has 2 rings (SSSR count). The topological polar surface area (TPSA) is 29.3 Å². The molecule has 0 aromatic heterocycles. The van der Waals surface area contributed by atoms with Crippen LogP contribution in [-0.4, -0.2) is 41.1 Å². The molecule has 16 heavy (non-hydrogen) atoms. The van der Waals surface area contributed by atoms with Gasteiger partial charge in [-0.2, -0.15) is 11.8 Å². The molecule has 0 bridgehead atoms. The highest BCUT2D eigenvalue weighted by atomic mass is 32.2. The van der Waals surface area contributed by atoms with Crippen LogP contribution in [0, 0.1) is 5.92 Å². The van der Waals surface area contributed by atoms with Crippen molar-refractivity contribution in [3.05, 3.63) is 0 Å². The normalized spacial score (nSPS) is 41.4. The fraction of sp³-hybridized carbons (Fsp3) is 1.00. The Morgan fingerprint density at radius 2 is 2.12 bits per heavy atom. The van der Waals surface area contributed by atoms with E-state index in [1.165, 1.54) is 44.5 Å². The van der Waals surface area contributed by atoms with Gasteiger partial charge in [0.1, 0.15) is 0 Å². The Morgan fingerprint density at radius 1 is 1.31 bits per heavy atom. The maximum Gasteiger partial charge on any atom is 0.0214 e. The average molecular weight is 242 g/mol. The molecule has 0 spiro atoms. The summed E-state index contributed by atoms with van der Waals surface area (Å²) < 4.78 is 0. The van der Waals surface area contributed by atoms with Gasteiger partial charge in [0.2, 0.25) is 0 Å². The Morgan fingerprint density at radius 3 is 2.81 bits per heavy atom. The number of nitrogens with zero attached hydrogens (tertiary/aromatic N) is 1. The van der Waals surface area contributed by atoms with Crippen LogP contribution in [0.15, 0.2) is 0 Å². The molecule has 4 atom stereocenters. The Balaban J connectivity index is 1.91. The molecule has 4 unspecified atom stereocenters. The standard InChI is InChI=1S/C13H26N2S/c1-3-16-13-6-4-5-12(13)15-8-7-11(14)10(2)9-15/h10-13H,3-9,14H2,1-2H3. The summed E-state index contributed by atoms with van der Waals surface area (Å²) in [6, 6.07) is 1.29. The minimum atomic E-state index is 0.440. The van der Waals surface area contributed by atoms with Crippen LogP contribution in [-0.2, 0) is 0 Å². The van der Waals surface area contributed by atoms with Crippen molar-refractivity contribution < 1.29 is 0 Å². The van der Waals surface area contributed by atoms with Crippen LogP contribution in [0.25, 0.3) is 0 Å². The van der Waals surface area contributed by atoms with Crippen molar-refractivity contribution in [1.82, 2.24) is 4.90 Å². The zero-order valence-corrected chi connectivity index (χ0v) is 11.5. The summed E-state index contributed by atoms with van der Waals surface area (Å²) in [5.74, 6) is 1.95. The van der Waals surface area contributed by atoms with Crippen LogP contribution in [0.2, 0.25) is 0 Å². The maximum atomic E-state index is 6.10. The van der Waals surface area contributed by atoms with Gasteiger partial charge in [0, 0.05) is 23.9 Å². The molecule has 94 valence electrons. The molecule has 0 amide bonds. The Bertz CT molecular complexity index is 222. The number of nitrogens with two attached hydrogens (primary N) is 1. The minimum Gasteiger partial charge on any atom is -0.327 e. The van der Waals surface area contributed by atoms with Crippen molar-refractivity contribution >= 4 is 11.8 Å². The second-order valence-electron chi connectivity index (χ2n) is 5.42. The third-order valence-corrected chi connectivity index (χ3v) is 5.58. The van der Waals surface area contributed by atoms with E-state index in [9.17, 15) is 0 Å². The van der Waals surface area contributed by atoms with E-state index >= 15 is 0 Å². The van der Waals surface area contributed by atoms with Gasteiger partial charge in [0.05, 0.1) is 0 Å². The highest BCUT2D eigenvalue weighted by Gasteiger charge is 2.35. The summed E-state index contributed by atoms with van der Waals surface area (Å²) >= 11 is 2.17.